The fourth-order valence-corrected chi connectivity index (χ4v) is 4.91. The smallest absolute Gasteiger partial charge is 0.132 e. The number of nitrogens with one attached hydrogen (secondary N) is 2. The Morgan fingerprint density at radius 3 is 2.60 bits per heavy atom. The van der Waals surface area contributed by atoms with Gasteiger partial charge in [-0.05, 0) is 81.2 Å². The van der Waals surface area contributed by atoms with E-state index in [0.29, 0.717) is 11.3 Å². The van der Waals surface area contributed by atoms with E-state index in [9.17, 15) is 4.39 Å². The second-order valence-corrected chi connectivity index (χ2v) is 8.43. The second kappa shape index (κ2) is 7.80. The minimum Gasteiger partial charge on any atom is -0.497 e. The number of aromatic amines is 2. The first kappa shape index (κ1) is 19.2. The zero-order chi connectivity index (χ0) is 20.7. The Hall–Kier alpha value is -2.79. The minimum atomic E-state index is -0.141. The van der Waals surface area contributed by atoms with Gasteiger partial charge in [-0.3, -0.25) is 0 Å². The summed E-state index contributed by atoms with van der Waals surface area (Å²) in [4.78, 5) is 9.50. The number of fused-ring (bicyclic) bond motifs is 2. The van der Waals surface area contributed by atoms with Gasteiger partial charge in [0.15, 0.2) is 0 Å². The predicted octanol–water partition coefficient (Wildman–Crippen LogP) is 5.53. The van der Waals surface area contributed by atoms with Crippen molar-refractivity contribution < 1.29 is 9.13 Å². The van der Waals surface area contributed by atoms with Crippen molar-refractivity contribution in [3.8, 4) is 5.75 Å². The summed E-state index contributed by atoms with van der Waals surface area (Å²) < 4.78 is 19.4. The molecule has 3 heterocycles. The van der Waals surface area contributed by atoms with Crippen LogP contribution in [0.1, 0.15) is 35.7 Å². The lowest BCUT2D eigenvalue weighted by atomic mass is 9.93. The molecule has 0 bridgehead atoms. The molecule has 1 saturated heterocycles. The molecule has 30 heavy (non-hydrogen) atoms. The van der Waals surface area contributed by atoms with E-state index in [1.165, 1.54) is 33.9 Å². The third-order valence-corrected chi connectivity index (χ3v) is 6.66. The molecule has 2 N–H and O–H groups in total. The quantitative estimate of drug-likeness (QED) is 0.459. The second-order valence-electron chi connectivity index (χ2n) is 8.43. The Labute approximate surface area is 176 Å². The van der Waals surface area contributed by atoms with E-state index >= 15 is 0 Å². The molecule has 0 unspecified atom stereocenters. The number of ether oxygens (including phenoxy) is 1. The van der Waals surface area contributed by atoms with E-state index in [1.807, 2.05) is 18.2 Å². The lowest BCUT2D eigenvalue weighted by Gasteiger charge is -2.31. The maximum Gasteiger partial charge on any atom is 0.132 e. The van der Waals surface area contributed by atoms with Gasteiger partial charge in [-0.1, -0.05) is 6.07 Å². The van der Waals surface area contributed by atoms with Crippen LogP contribution in [0, 0.1) is 12.7 Å². The van der Waals surface area contributed by atoms with Crippen LogP contribution in [-0.4, -0.2) is 41.6 Å². The fourth-order valence-electron chi connectivity index (χ4n) is 4.91. The maximum atomic E-state index is 14.0. The summed E-state index contributed by atoms with van der Waals surface area (Å²) in [6.45, 7) is 5.36. The first-order chi connectivity index (χ1) is 14.6. The van der Waals surface area contributed by atoms with Crippen molar-refractivity contribution in [3.05, 3.63) is 65.2 Å². The molecule has 0 spiro atoms. The number of nitrogens with zero attached hydrogens (tertiary/aromatic N) is 1. The number of benzene rings is 2. The molecule has 0 saturated carbocycles. The molecule has 0 aliphatic carbocycles. The first-order valence-electron chi connectivity index (χ1n) is 10.8. The van der Waals surface area contributed by atoms with Gasteiger partial charge < -0.3 is 19.6 Å². The zero-order valence-electron chi connectivity index (χ0n) is 17.6. The maximum absolute atomic E-state index is 14.0. The Morgan fingerprint density at radius 2 is 1.83 bits per heavy atom. The summed E-state index contributed by atoms with van der Waals surface area (Å²) in [5.41, 5.74) is 5.88. The van der Waals surface area contributed by atoms with Gasteiger partial charge in [-0.2, -0.15) is 0 Å². The van der Waals surface area contributed by atoms with Crippen molar-refractivity contribution in [2.75, 3.05) is 26.7 Å². The average molecular weight is 406 g/mol. The minimum absolute atomic E-state index is 0.141. The lowest BCUT2D eigenvalue weighted by molar-refractivity contribution is 0.213. The summed E-state index contributed by atoms with van der Waals surface area (Å²) in [6.07, 6.45) is 3.24. The summed E-state index contributed by atoms with van der Waals surface area (Å²) in [6, 6.07) is 13.5. The van der Waals surface area contributed by atoms with E-state index in [2.05, 4.69) is 33.9 Å². The Kier molecular flexibility index (Phi) is 4.99. The Morgan fingerprint density at radius 1 is 1.03 bits per heavy atom. The molecule has 5 heteroatoms. The number of methoxy groups -OCH3 is 1. The topological polar surface area (TPSA) is 44.0 Å². The van der Waals surface area contributed by atoms with Gasteiger partial charge in [0, 0.05) is 45.7 Å². The van der Waals surface area contributed by atoms with Crippen LogP contribution < -0.4 is 4.74 Å². The highest BCUT2D eigenvalue weighted by Crippen LogP contribution is 2.31. The number of piperidine rings is 1. The standard InChI is InChI=1S/C25H28FN3O/c1-16-19(20-14-18(30-2)6-7-24(20)27-16)10-13-29-11-8-17(9-12-29)25-15-21-22(26)4-3-5-23(21)28-25/h3-7,14-15,17,27-28H,8-13H2,1-2H3. The predicted molar refractivity (Wildman–Crippen MR) is 120 cm³/mol. The van der Waals surface area contributed by atoms with Gasteiger partial charge in [0.1, 0.15) is 11.6 Å². The van der Waals surface area contributed by atoms with Crippen molar-refractivity contribution in [1.82, 2.24) is 14.9 Å². The monoisotopic (exact) mass is 405 g/mol. The van der Waals surface area contributed by atoms with Crippen molar-refractivity contribution in [2.45, 2.75) is 32.1 Å². The van der Waals surface area contributed by atoms with Gasteiger partial charge >= 0.3 is 0 Å². The van der Waals surface area contributed by atoms with Gasteiger partial charge in [0.05, 0.1) is 7.11 Å². The van der Waals surface area contributed by atoms with E-state index in [0.717, 1.165) is 50.2 Å². The average Bonchev–Trinajstić information content (AvgIpc) is 3.33. The van der Waals surface area contributed by atoms with Gasteiger partial charge in [0.2, 0.25) is 0 Å². The number of aryl methyl sites for hydroxylation is 1. The summed E-state index contributed by atoms with van der Waals surface area (Å²) in [5, 5.41) is 1.97. The van der Waals surface area contributed by atoms with E-state index in [4.69, 9.17) is 4.74 Å². The highest BCUT2D eigenvalue weighted by atomic mass is 19.1. The number of likely N-dealkylation sites (tertiary alicyclic amines) is 1. The van der Waals surface area contributed by atoms with Gasteiger partial charge in [-0.25, -0.2) is 4.39 Å². The van der Waals surface area contributed by atoms with Crippen LogP contribution in [-0.2, 0) is 6.42 Å². The number of hydrogen-bond donors (Lipinski definition) is 2. The van der Waals surface area contributed by atoms with Crippen LogP contribution in [0.3, 0.4) is 0 Å². The van der Waals surface area contributed by atoms with Crippen LogP contribution in [0.25, 0.3) is 21.8 Å². The molecular weight excluding hydrogens is 377 g/mol. The molecule has 2 aromatic carbocycles. The number of aromatic nitrogens is 2. The molecule has 0 radical (unpaired) electrons. The Bertz CT molecular complexity index is 1180. The number of rotatable bonds is 5. The molecule has 2 aromatic heterocycles. The van der Waals surface area contributed by atoms with Crippen LogP contribution >= 0.6 is 0 Å². The highest BCUT2D eigenvalue weighted by molar-refractivity contribution is 5.86. The number of hydrogen-bond acceptors (Lipinski definition) is 2. The van der Waals surface area contributed by atoms with Crippen molar-refractivity contribution >= 4 is 21.8 Å². The van der Waals surface area contributed by atoms with Gasteiger partial charge in [0.25, 0.3) is 0 Å². The lowest BCUT2D eigenvalue weighted by Crippen LogP contribution is -2.34. The zero-order valence-corrected chi connectivity index (χ0v) is 17.6. The molecule has 0 atom stereocenters. The van der Waals surface area contributed by atoms with Crippen LogP contribution in [0.5, 0.6) is 5.75 Å². The summed E-state index contributed by atoms with van der Waals surface area (Å²) in [7, 11) is 1.71. The van der Waals surface area contributed by atoms with Crippen molar-refractivity contribution in [3.63, 3.8) is 0 Å². The molecule has 4 nitrogen and oxygen atoms in total. The molecule has 1 fully saturated rings. The van der Waals surface area contributed by atoms with E-state index < -0.39 is 0 Å². The molecule has 4 aromatic rings. The molecule has 5 rings (SSSR count). The van der Waals surface area contributed by atoms with Crippen LogP contribution in [0.15, 0.2) is 42.5 Å². The van der Waals surface area contributed by atoms with Crippen molar-refractivity contribution in [2.24, 2.45) is 0 Å². The van der Waals surface area contributed by atoms with Crippen LogP contribution in [0.4, 0.5) is 4.39 Å². The molecule has 1 aliphatic rings. The highest BCUT2D eigenvalue weighted by Gasteiger charge is 2.23. The molecular formula is C25H28FN3O. The normalized spacial score (nSPS) is 16.0. The molecule has 0 amide bonds. The summed E-state index contributed by atoms with van der Waals surface area (Å²) >= 11 is 0. The molecule has 1 aliphatic heterocycles. The van der Waals surface area contributed by atoms with Gasteiger partial charge in [-0.15, -0.1) is 0 Å². The van der Waals surface area contributed by atoms with E-state index in [1.54, 1.807) is 13.2 Å². The van der Waals surface area contributed by atoms with Crippen molar-refractivity contribution in [1.29, 1.82) is 0 Å². The third-order valence-electron chi connectivity index (χ3n) is 6.66. The van der Waals surface area contributed by atoms with E-state index in [-0.39, 0.29) is 5.82 Å². The largest absolute Gasteiger partial charge is 0.497 e. The first-order valence-corrected chi connectivity index (χ1v) is 10.8. The Balaban J connectivity index is 1.24. The van der Waals surface area contributed by atoms with Crippen LogP contribution in [0.2, 0.25) is 0 Å². The number of halogens is 1. The fraction of sp³-hybridized carbons (Fsp3) is 0.360. The SMILES string of the molecule is COc1ccc2[nH]c(C)c(CCN3CCC(c4cc5c(F)cccc5[nH]4)CC3)c2c1. The third kappa shape index (κ3) is 3.47. The number of H-pyrrole nitrogens is 2. The molecule has 156 valence electrons. The summed E-state index contributed by atoms with van der Waals surface area (Å²) in [5.74, 6) is 1.24.